The number of carbonyl (C=O) groups excluding carboxylic acids is 3. The first-order chi connectivity index (χ1) is 14.4. The van der Waals surface area contributed by atoms with E-state index in [9.17, 15) is 14.4 Å². The van der Waals surface area contributed by atoms with Gasteiger partial charge in [-0.25, -0.2) is 0 Å². The molecule has 0 heterocycles. The summed E-state index contributed by atoms with van der Waals surface area (Å²) in [6.07, 6.45) is 3.09. The standard InChI is InChI=1S/C21H33N3O6/c1-2-3-12-28-21(27)16(24)13-15-8-9-17(29-19(25)6-4-10-22)18(14-15)30-20(26)7-5-11-23/h8-9,14,16H,2-7,10-13,22-24H2,1H3/t16-/m0/s1. The second-order valence-corrected chi connectivity index (χ2v) is 6.85. The van der Waals surface area contributed by atoms with Gasteiger partial charge in [0.1, 0.15) is 6.04 Å². The molecule has 1 aromatic rings. The van der Waals surface area contributed by atoms with Crippen LogP contribution in [0.25, 0.3) is 0 Å². The van der Waals surface area contributed by atoms with Crippen molar-refractivity contribution in [3.8, 4) is 11.5 Å². The number of nitrogens with two attached hydrogens (primary N) is 3. The number of rotatable bonds is 14. The van der Waals surface area contributed by atoms with Gasteiger partial charge in [0.2, 0.25) is 0 Å². The molecule has 6 N–H and O–H groups in total. The van der Waals surface area contributed by atoms with Crippen molar-refractivity contribution in [3.05, 3.63) is 23.8 Å². The number of esters is 3. The summed E-state index contributed by atoms with van der Waals surface area (Å²) in [5.41, 5.74) is 17.4. The van der Waals surface area contributed by atoms with E-state index in [0.717, 1.165) is 12.8 Å². The molecule has 0 aliphatic carbocycles. The highest BCUT2D eigenvalue weighted by atomic mass is 16.6. The second-order valence-electron chi connectivity index (χ2n) is 6.85. The number of hydrogen-bond acceptors (Lipinski definition) is 9. The molecule has 0 fully saturated rings. The molecule has 0 unspecified atom stereocenters. The maximum atomic E-state index is 12.0. The van der Waals surface area contributed by atoms with Gasteiger partial charge in [-0.2, -0.15) is 0 Å². The summed E-state index contributed by atoms with van der Waals surface area (Å²) in [4.78, 5) is 36.0. The topological polar surface area (TPSA) is 157 Å². The monoisotopic (exact) mass is 423 g/mol. The van der Waals surface area contributed by atoms with E-state index in [0.29, 0.717) is 38.1 Å². The molecule has 0 spiro atoms. The van der Waals surface area contributed by atoms with Gasteiger partial charge in [-0.3, -0.25) is 14.4 Å². The zero-order valence-corrected chi connectivity index (χ0v) is 17.6. The van der Waals surface area contributed by atoms with Crippen LogP contribution in [0.4, 0.5) is 0 Å². The zero-order valence-electron chi connectivity index (χ0n) is 17.6. The lowest BCUT2D eigenvalue weighted by Crippen LogP contribution is -2.34. The third-order valence-electron chi connectivity index (χ3n) is 4.13. The first-order valence-corrected chi connectivity index (χ1v) is 10.3. The molecule has 0 bridgehead atoms. The van der Waals surface area contributed by atoms with E-state index in [2.05, 4.69) is 0 Å². The summed E-state index contributed by atoms with van der Waals surface area (Å²) in [5, 5.41) is 0. The minimum Gasteiger partial charge on any atom is -0.465 e. The Morgan fingerprint density at radius 1 is 0.933 bits per heavy atom. The molecule has 0 aromatic heterocycles. The zero-order chi connectivity index (χ0) is 22.4. The van der Waals surface area contributed by atoms with Crippen LogP contribution < -0.4 is 26.7 Å². The summed E-state index contributed by atoms with van der Waals surface area (Å²) >= 11 is 0. The lowest BCUT2D eigenvalue weighted by Gasteiger charge is -2.14. The Kier molecular flexibility index (Phi) is 12.3. The van der Waals surface area contributed by atoms with Crippen LogP contribution in [0.15, 0.2) is 18.2 Å². The Balaban J connectivity index is 2.90. The smallest absolute Gasteiger partial charge is 0.323 e. The van der Waals surface area contributed by atoms with Crippen LogP contribution in [0.3, 0.4) is 0 Å². The van der Waals surface area contributed by atoms with Crippen molar-refractivity contribution in [2.75, 3.05) is 19.7 Å². The van der Waals surface area contributed by atoms with Gasteiger partial charge in [0.25, 0.3) is 0 Å². The molecular formula is C21H33N3O6. The molecule has 1 rings (SSSR count). The van der Waals surface area contributed by atoms with Gasteiger partial charge in [0, 0.05) is 12.8 Å². The van der Waals surface area contributed by atoms with Crippen LogP contribution in [0, 0.1) is 0 Å². The Morgan fingerprint density at radius 2 is 1.53 bits per heavy atom. The first kappa shape index (κ1) is 25.5. The number of hydrogen-bond donors (Lipinski definition) is 3. The van der Waals surface area contributed by atoms with Crippen molar-refractivity contribution < 1.29 is 28.6 Å². The molecule has 0 aliphatic rings. The molecule has 0 saturated carbocycles. The fraction of sp³-hybridized carbons (Fsp3) is 0.571. The van der Waals surface area contributed by atoms with Crippen LogP contribution in [0.5, 0.6) is 11.5 Å². The van der Waals surface area contributed by atoms with E-state index < -0.39 is 23.9 Å². The minimum atomic E-state index is -0.861. The van der Waals surface area contributed by atoms with E-state index in [-0.39, 0.29) is 30.8 Å². The Bertz CT molecular complexity index is 695. The molecule has 30 heavy (non-hydrogen) atoms. The molecule has 1 atom stereocenters. The van der Waals surface area contributed by atoms with Gasteiger partial charge in [0.15, 0.2) is 11.5 Å². The summed E-state index contributed by atoms with van der Waals surface area (Å²) in [6, 6.07) is 3.84. The fourth-order valence-corrected chi connectivity index (χ4v) is 2.45. The third kappa shape index (κ3) is 9.82. The maximum Gasteiger partial charge on any atom is 0.323 e. The Hall–Kier alpha value is -2.49. The molecule has 0 amide bonds. The fourth-order valence-electron chi connectivity index (χ4n) is 2.45. The number of benzene rings is 1. The average Bonchev–Trinajstić information content (AvgIpc) is 2.72. The molecule has 1 aromatic carbocycles. The van der Waals surface area contributed by atoms with E-state index >= 15 is 0 Å². The molecular weight excluding hydrogens is 390 g/mol. The van der Waals surface area contributed by atoms with Crippen LogP contribution >= 0.6 is 0 Å². The second kappa shape index (κ2) is 14.5. The van der Waals surface area contributed by atoms with Crippen LogP contribution in [-0.2, 0) is 25.5 Å². The van der Waals surface area contributed by atoms with Crippen molar-refractivity contribution in [3.63, 3.8) is 0 Å². The SMILES string of the molecule is CCCCOC(=O)[C@@H](N)Cc1ccc(OC(=O)CCCN)c(OC(=O)CCCN)c1. The predicted octanol–water partition coefficient (Wildman–Crippen LogP) is 1.19. The number of ether oxygens (including phenoxy) is 3. The Labute approximate surface area is 177 Å². The van der Waals surface area contributed by atoms with Crippen LogP contribution in [0.1, 0.15) is 51.0 Å². The molecule has 0 radical (unpaired) electrons. The maximum absolute atomic E-state index is 12.0. The van der Waals surface area contributed by atoms with Gasteiger partial charge in [-0.15, -0.1) is 0 Å². The highest BCUT2D eigenvalue weighted by Crippen LogP contribution is 2.30. The van der Waals surface area contributed by atoms with Crippen LogP contribution in [-0.4, -0.2) is 43.6 Å². The van der Waals surface area contributed by atoms with E-state index in [1.54, 1.807) is 6.07 Å². The quantitative estimate of drug-likeness (QED) is 0.227. The van der Waals surface area contributed by atoms with Crippen molar-refractivity contribution in [1.29, 1.82) is 0 Å². The molecule has 168 valence electrons. The molecule has 0 saturated heterocycles. The van der Waals surface area contributed by atoms with Crippen LogP contribution in [0.2, 0.25) is 0 Å². The van der Waals surface area contributed by atoms with Gasteiger partial charge < -0.3 is 31.4 Å². The molecule has 9 heteroatoms. The Morgan fingerprint density at radius 3 is 2.10 bits per heavy atom. The van der Waals surface area contributed by atoms with Crippen molar-refractivity contribution in [2.45, 2.75) is 57.9 Å². The summed E-state index contributed by atoms with van der Waals surface area (Å²) < 4.78 is 15.8. The van der Waals surface area contributed by atoms with Gasteiger partial charge in [0.05, 0.1) is 6.61 Å². The largest absolute Gasteiger partial charge is 0.465 e. The molecule has 0 aliphatic heterocycles. The highest BCUT2D eigenvalue weighted by molar-refractivity contribution is 5.77. The molecule has 9 nitrogen and oxygen atoms in total. The predicted molar refractivity (Wildman–Crippen MR) is 112 cm³/mol. The highest BCUT2D eigenvalue weighted by Gasteiger charge is 2.19. The lowest BCUT2D eigenvalue weighted by atomic mass is 10.1. The lowest BCUT2D eigenvalue weighted by molar-refractivity contribution is -0.145. The summed E-state index contributed by atoms with van der Waals surface area (Å²) in [6.45, 7) is 3.03. The van der Waals surface area contributed by atoms with Crippen molar-refractivity contribution in [1.82, 2.24) is 0 Å². The average molecular weight is 424 g/mol. The normalized spacial score (nSPS) is 11.6. The summed E-state index contributed by atoms with van der Waals surface area (Å²) in [7, 11) is 0. The number of unbranched alkanes of at least 4 members (excludes halogenated alkanes) is 1. The van der Waals surface area contributed by atoms with Gasteiger partial charge in [-0.1, -0.05) is 19.4 Å². The first-order valence-electron chi connectivity index (χ1n) is 10.3. The van der Waals surface area contributed by atoms with Gasteiger partial charge in [-0.05, 0) is 56.5 Å². The van der Waals surface area contributed by atoms with Crippen molar-refractivity contribution >= 4 is 17.9 Å². The summed E-state index contributed by atoms with van der Waals surface area (Å²) in [5.74, 6) is -1.28. The third-order valence-corrected chi connectivity index (χ3v) is 4.13. The number of carbonyl (C=O) groups is 3. The van der Waals surface area contributed by atoms with Crippen molar-refractivity contribution in [2.24, 2.45) is 17.2 Å². The van der Waals surface area contributed by atoms with E-state index in [1.165, 1.54) is 12.1 Å². The van der Waals surface area contributed by atoms with E-state index in [1.807, 2.05) is 6.92 Å². The van der Waals surface area contributed by atoms with Gasteiger partial charge >= 0.3 is 17.9 Å². The van der Waals surface area contributed by atoms with E-state index in [4.69, 9.17) is 31.4 Å². The minimum absolute atomic E-state index is 0.0853.